The number of carboxylic acids is 1. The highest BCUT2D eigenvalue weighted by atomic mass is 19.1. The van der Waals surface area contributed by atoms with Crippen molar-refractivity contribution in [3.05, 3.63) is 29.6 Å². The summed E-state index contributed by atoms with van der Waals surface area (Å²) in [7, 11) is 2.89. The lowest BCUT2D eigenvalue weighted by Crippen LogP contribution is -2.28. The molecule has 0 saturated heterocycles. The highest BCUT2D eigenvalue weighted by Crippen LogP contribution is 2.20. The van der Waals surface area contributed by atoms with Gasteiger partial charge in [-0.1, -0.05) is 0 Å². The molecule has 0 fully saturated rings. The van der Waals surface area contributed by atoms with Gasteiger partial charge in [-0.3, -0.25) is 9.59 Å². The van der Waals surface area contributed by atoms with E-state index in [2.05, 4.69) is 0 Å². The van der Waals surface area contributed by atoms with Gasteiger partial charge in [0.2, 0.25) is 5.91 Å². The number of carbonyl (C=O) groups excluding carboxylic acids is 1. The Balaban J connectivity index is 2.80. The van der Waals surface area contributed by atoms with Crippen LogP contribution in [0.15, 0.2) is 18.2 Å². The van der Waals surface area contributed by atoms with Crippen molar-refractivity contribution in [1.82, 2.24) is 4.90 Å². The second-order valence-corrected chi connectivity index (χ2v) is 3.78. The first kappa shape index (κ1) is 14.0. The van der Waals surface area contributed by atoms with Crippen molar-refractivity contribution in [3.8, 4) is 5.75 Å². The highest BCUT2D eigenvalue weighted by Gasteiger charge is 2.15. The fourth-order valence-electron chi connectivity index (χ4n) is 1.48. The monoisotopic (exact) mass is 255 g/mol. The lowest BCUT2D eigenvalue weighted by molar-refractivity contribution is -0.143. The van der Waals surface area contributed by atoms with E-state index in [9.17, 15) is 14.0 Å². The molecule has 0 aliphatic carbocycles. The van der Waals surface area contributed by atoms with Gasteiger partial charge in [0.05, 0.1) is 7.11 Å². The molecule has 0 radical (unpaired) electrons. The molecule has 1 aromatic carbocycles. The molecule has 0 unspecified atom stereocenters. The van der Waals surface area contributed by atoms with Crippen LogP contribution < -0.4 is 4.74 Å². The molecule has 98 valence electrons. The second-order valence-electron chi connectivity index (χ2n) is 3.78. The van der Waals surface area contributed by atoms with Crippen molar-refractivity contribution in [2.24, 2.45) is 0 Å². The average molecular weight is 255 g/mol. The number of rotatable bonds is 5. The Morgan fingerprint density at radius 3 is 2.67 bits per heavy atom. The molecule has 0 heterocycles. The van der Waals surface area contributed by atoms with Crippen LogP contribution in [0.3, 0.4) is 0 Å². The zero-order chi connectivity index (χ0) is 13.7. The summed E-state index contributed by atoms with van der Waals surface area (Å²) in [6.45, 7) is 0.0903. The Hall–Kier alpha value is -2.11. The smallest absolute Gasteiger partial charge is 0.312 e. The number of ether oxygens (including phenoxy) is 1. The quantitative estimate of drug-likeness (QED) is 0.804. The predicted molar refractivity (Wildman–Crippen MR) is 61.7 cm³/mol. The fraction of sp³-hybridized carbons (Fsp3) is 0.333. The second kappa shape index (κ2) is 6.00. The highest BCUT2D eigenvalue weighted by molar-refractivity contribution is 5.93. The van der Waals surface area contributed by atoms with E-state index in [4.69, 9.17) is 9.84 Å². The minimum atomic E-state index is -1.20. The van der Waals surface area contributed by atoms with E-state index in [-0.39, 0.29) is 6.54 Å². The van der Waals surface area contributed by atoms with Crippen molar-refractivity contribution < 1.29 is 23.8 Å². The van der Waals surface area contributed by atoms with E-state index in [0.29, 0.717) is 11.3 Å². The molecule has 0 aliphatic heterocycles. The Kier molecular flexibility index (Phi) is 4.65. The molecule has 0 atom stereocenters. The van der Waals surface area contributed by atoms with E-state index in [0.717, 1.165) is 0 Å². The number of hydrogen-bond donors (Lipinski definition) is 1. The number of benzene rings is 1. The maximum atomic E-state index is 13.1. The van der Waals surface area contributed by atoms with Crippen molar-refractivity contribution in [3.63, 3.8) is 0 Å². The van der Waals surface area contributed by atoms with Crippen LogP contribution >= 0.6 is 0 Å². The fourth-order valence-corrected chi connectivity index (χ4v) is 1.48. The summed E-state index contributed by atoms with van der Waals surface area (Å²) in [5.74, 6) is -1.73. The largest absolute Gasteiger partial charge is 0.496 e. The molecule has 0 saturated carbocycles. The maximum Gasteiger partial charge on any atom is 0.312 e. The van der Waals surface area contributed by atoms with Gasteiger partial charge in [-0.2, -0.15) is 0 Å². The van der Waals surface area contributed by atoms with Crippen LogP contribution in [0.25, 0.3) is 0 Å². The lowest BCUT2D eigenvalue weighted by Gasteiger charge is -2.18. The Morgan fingerprint density at radius 2 is 2.11 bits per heavy atom. The summed E-state index contributed by atoms with van der Waals surface area (Å²) in [6, 6.07) is 3.96. The van der Waals surface area contributed by atoms with Gasteiger partial charge >= 0.3 is 5.97 Å². The topological polar surface area (TPSA) is 66.8 Å². The number of amides is 1. The standard InChI is InChI=1S/C12H14FNO4/c1-14(11(15)6-12(16)17)7-8-5-9(13)3-4-10(8)18-2/h3-5H,6-7H2,1-2H3,(H,16,17). The summed E-state index contributed by atoms with van der Waals surface area (Å²) in [5.41, 5.74) is 0.485. The molecule has 1 rings (SSSR count). The van der Waals surface area contributed by atoms with Crippen molar-refractivity contribution in [2.45, 2.75) is 13.0 Å². The van der Waals surface area contributed by atoms with E-state index < -0.39 is 24.1 Å². The third kappa shape index (κ3) is 3.73. The first-order valence-electron chi connectivity index (χ1n) is 5.22. The van der Waals surface area contributed by atoms with Crippen LogP contribution in [-0.4, -0.2) is 36.0 Å². The van der Waals surface area contributed by atoms with Crippen LogP contribution in [0.4, 0.5) is 4.39 Å². The number of halogens is 1. The molecule has 1 aromatic rings. The lowest BCUT2D eigenvalue weighted by atomic mass is 10.2. The Labute approximate surface area is 104 Å². The third-order valence-electron chi connectivity index (χ3n) is 2.38. The minimum absolute atomic E-state index is 0.0903. The van der Waals surface area contributed by atoms with E-state index in [1.807, 2.05) is 0 Å². The van der Waals surface area contributed by atoms with Crippen molar-refractivity contribution >= 4 is 11.9 Å². The van der Waals surface area contributed by atoms with Gasteiger partial charge in [0.15, 0.2) is 0 Å². The molecule has 18 heavy (non-hydrogen) atoms. The number of nitrogens with zero attached hydrogens (tertiary/aromatic N) is 1. The average Bonchev–Trinajstić information content (AvgIpc) is 2.28. The number of hydrogen-bond acceptors (Lipinski definition) is 3. The van der Waals surface area contributed by atoms with E-state index >= 15 is 0 Å². The molecule has 1 amide bonds. The molecule has 6 heteroatoms. The molecule has 0 spiro atoms. The molecule has 0 aliphatic rings. The summed E-state index contributed by atoms with van der Waals surface area (Å²) in [5, 5.41) is 8.51. The summed E-state index contributed by atoms with van der Waals surface area (Å²) in [6.07, 6.45) is -0.589. The van der Waals surface area contributed by atoms with E-state index in [1.54, 1.807) is 0 Å². The van der Waals surface area contributed by atoms with Crippen LogP contribution in [0.1, 0.15) is 12.0 Å². The SMILES string of the molecule is COc1ccc(F)cc1CN(C)C(=O)CC(=O)O. The van der Waals surface area contributed by atoms with E-state index in [1.165, 1.54) is 37.3 Å². The predicted octanol–water partition coefficient (Wildman–Crippen LogP) is 1.27. The van der Waals surface area contributed by atoms with Crippen LogP contribution in [0.2, 0.25) is 0 Å². The Morgan fingerprint density at radius 1 is 1.44 bits per heavy atom. The van der Waals surface area contributed by atoms with Gasteiger partial charge in [-0.05, 0) is 18.2 Å². The number of aliphatic carboxylic acids is 1. The minimum Gasteiger partial charge on any atom is -0.496 e. The van der Waals surface area contributed by atoms with Crippen LogP contribution in [-0.2, 0) is 16.1 Å². The van der Waals surface area contributed by atoms with Gasteiger partial charge in [-0.15, -0.1) is 0 Å². The first-order chi connectivity index (χ1) is 8.43. The molecule has 5 nitrogen and oxygen atoms in total. The van der Waals surface area contributed by atoms with Gasteiger partial charge in [0, 0.05) is 19.2 Å². The van der Waals surface area contributed by atoms with Crippen molar-refractivity contribution in [2.75, 3.05) is 14.2 Å². The van der Waals surface area contributed by atoms with Crippen molar-refractivity contribution in [1.29, 1.82) is 0 Å². The molecule has 1 N–H and O–H groups in total. The number of carbonyl (C=O) groups is 2. The molecular formula is C12H14FNO4. The zero-order valence-electron chi connectivity index (χ0n) is 10.1. The third-order valence-corrected chi connectivity index (χ3v) is 2.38. The summed E-state index contributed by atoms with van der Waals surface area (Å²) in [4.78, 5) is 23.1. The van der Waals surface area contributed by atoms with Gasteiger partial charge in [0.1, 0.15) is 18.0 Å². The maximum absolute atomic E-state index is 13.1. The normalized spacial score (nSPS) is 9.94. The first-order valence-corrected chi connectivity index (χ1v) is 5.22. The van der Waals surface area contributed by atoms with Crippen LogP contribution in [0.5, 0.6) is 5.75 Å². The number of methoxy groups -OCH3 is 1. The molecule has 0 bridgehead atoms. The van der Waals surface area contributed by atoms with Gasteiger partial charge < -0.3 is 14.7 Å². The summed E-state index contributed by atoms with van der Waals surface area (Å²) < 4.78 is 18.1. The molecule has 0 aromatic heterocycles. The number of carboxylic acid groups (broad SMARTS) is 1. The zero-order valence-corrected chi connectivity index (χ0v) is 10.1. The Bertz CT molecular complexity index is 461. The van der Waals surface area contributed by atoms with Gasteiger partial charge in [0.25, 0.3) is 0 Å². The van der Waals surface area contributed by atoms with Gasteiger partial charge in [-0.25, -0.2) is 4.39 Å². The summed E-state index contributed by atoms with van der Waals surface area (Å²) >= 11 is 0. The molecular weight excluding hydrogens is 241 g/mol. The van der Waals surface area contributed by atoms with Crippen LogP contribution in [0, 0.1) is 5.82 Å².